The van der Waals surface area contributed by atoms with E-state index in [-0.39, 0.29) is 11.5 Å². The zero-order valence-corrected chi connectivity index (χ0v) is 15.5. The molecule has 2 aromatic carbocycles. The third kappa shape index (κ3) is 4.42. The van der Waals surface area contributed by atoms with E-state index in [1.54, 1.807) is 0 Å². The van der Waals surface area contributed by atoms with Crippen LogP contribution >= 0.6 is 0 Å². The van der Waals surface area contributed by atoms with Gasteiger partial charge in [-0.15, -0.1) is 0 Å². The van der Waals surface area contributed by atoms with Crippen molar-refractivity contribution in [3.63, 3.8) is 0 Å². The summed E-state index contributed by atoms with van der Waals surface area (Å²) in [5, 5.41) is 6.76. The lowest BCUT2D eigenvalue weighted by molar-refractivity contribution is 0.602. The highest BCUT2D eigenvalue weighted by Crippen LogP contribution is 2.23. The summed E-state index contributed by atoms with van der Waals surface area (Å²) in [6.45, 7) is 5.22. The van der Waals surface area contributed by atoms with Crippen LogP contribution < -0.4 is 10.6 Å². The van der Waals surface area contributed by atoms with Crippen LogP contribution in [0.25, 0.3) is 0 Å². The van der Waals surface area contributed by atoms with Gasteiger partial charge >= 0.3 is 0 Å². The lowest BCUT2D eigenvalue weighted by Gasteiger charge is -2.13. The van der Waals surface area contributed by atoms with Crippen LogP contribution in [0.3, 0.4) is 0 Å². The molecule has 2 aromatic rings. The Balaban J connectivity index is 1.72. The minimum atomic E-state index is -3.03. The largest absolute Gasteiger partial charge is 0.381 e. The zero-order chi connectivity index (χ0) is 17.9. The zero-order valence-electron chi connectivity index (χ0n) is 14.7. The van der Waals surface area contributed by atoms with Crippen molar-refractivity contribution in [3.05, 3.63) is 70.8 Å². The topological polar surface area (TPSA) is 58.2 Å². The summed E-state index contributed by atoms with van der Waals surface area (Å²) in [4.78, 5) is 0. The van der Waals surface area contributed by atoms with Crippen molar-refractivity contribution in [3.8, 4) is 0 Å². The first kappa shape index (κ1) is 17.5. The van der Waals surface area contributed by atoms with Crippen LogP contribution in [0.5, 0.6) is 0 Å². The van der Waals surface area contributed by atoms with Gasteiger partial charge in [-0.05, 0) is 48.3 Å². The molecule has 0 radical (unpaired) electrons. The predicted molar refractivity (Wildman–Crippen MR) is 105 cm³/mol. The first-order valence-corrected chi connectivity index (χ1v) is 10.3. The Kier molecular flexibility index (Phi) is 5.13. The van der Waals surface area contributed by atoms with E-state index in [1.807, 2.05) is 62.4 Å². The van der Waals surface area contributed by atoms with Crippen LogP contribution in [-0.2, 0) is 9.84 Å². The Morgan fingerprint density at radius 3 is 1.56 bits per heavy atom. The normalized spacial score (nSPS) is 16.1. The lowest BCUT2D eigenvalue weighted by atomic mass is 10.1. The summed E-state index contributed by atoms with van der Waals surface area (Å²) in [6, 6.07) is 16.1. The van der Waals surface area contributed by atoms with Crippen LogP contribution in [0.2, 0.25) is 0 Å². The van der Waals surface area contributed by atoms with E-state index in [0.29, 0.717) is 13.1 Å². The molecule has 1 heterocycles. The van der Waals surface area contributed by atoms with Gasteiger partial charge in [-0.1, -0.05) is 36.4 Å². The van der Waals surface area contributed by atoms with E-state index < -0.39 is 9.84 Å². The Morgan fingerprint density at radius 2 is 1.16 bits per heavy atom. The second kappa shape index (κ2) is 7.31. The maximum absolute atomic E-state index is 12.1. The first-order valence-electron chi connectivity index (χ1n) is 8.44. The molecule has 0 aromatic heterocycles. The van der Waals surface area contributed by atoms with Crippen molar-refractivity contribution in [1.29, 1.82) is 0 Å². The fourth-order valence-electron chi connectivity index (χ4n) is 3.08. The number of anilines is 2. The predicted octanol–water partition coefficient (Wildman–Crippen LogP) is 3.55. The highest BCUT2D eigenvalue weighted by atomic mass is 32.2. The second-order valence-corrected chi connectivity index (χ2v) is 8.64. The molecule has 1 aliphatic heterocycles. The number of rotatable bonds is 6. The maximum atomic E-state index is 12.1. The van der Waals surface area contributed by atoms with Gasteiger partial charge in [0.1, 0.15) is 0 Å². The molecule has 2 N–H and O–H groups in total. The molecule has 0 unspecified atom stereocenters. The lowest BCUT2D eigenvalue weighted by Crippen LogP contribution is -2.12. The van der Waals surface area contributed by atoms with E-state index >= 15 is 0 Å². The third-order valence-corrected chi connectivity index (χ3v) is 6.14. The van der Waals surface area contributed by atoms with E-state index in [9.17, 15) is 8.42 Å². The van der Waals surface area contributed by atoms with Crippen molar-refractivity contribution in [2.45, 2.75) is 13.8 Å². The molecule has 4 nitrogen and oxygen atoms in total. The van der Waals surface area contributed by atoms with E-state index in [0.717, 1.165) is 33.6 Å². The number of nitrogens with one attached hydrogen (secondary N) is 2. The Hall–Kier alpha value is -2.27. The summed E-state index contributed by atoms with van der Waals surface area (Å²) in [5.74, 6) is 0.299. The van der Waals surface area contributed by atoms with Crippen LogP contribution in [0, 0.1) is 13.8 Å². The maximum Gasteiger partial charge on any atom is 0.158 e. The molecule has 3 rings (SSSR count). The molecule has 0 atom stereocenters. The molecule has 0 amide bonds. The van der Waals surface area contributed by atoms with Crippen molar-refractivity contribution in [2.24, 2.45) is 0 Å². The van der Waals surface area contributed by atoms with Crippen LogP contribution in [0.15, 0.2) is 59.7 Å². The molecule has 0 bridgehead atoms. The summed E-state index contributed by atoms with van der Waals surface area (Å²) < 4.78 is 24.2. The monoisotopic (exact) mass is 356 g/mol. The van der Waals surface area contributed by atoms with Gasteiger partial charge in [0.25, 0.3) is 0 Å². The van der Waals surface area contributed by atoms with E-state index in [4.69, 9.17) is 0 Å². The molecule has 5 heteroatoms. The van der Waals surface area contributed by atoms with Crippen LogP contribution in [0.4, 0.5) is 11.4 Å². The highest BCUT2D eigenvalue weighted by Gasteiger charge is 2.27. The molecule has 0 saturated carbocycles. The fraction of sp³-hybridized carbons (Fsp3) is 0.300. The van der Waals surface area contributed by atoms with Gasteiger partial charge < -0.3 is 10.6 Å². The SMILES string of the molecule is Cc1ccccc1NCC1=C(CNc2ccccc2C)CS(=O)(=O)C1. The Bertz CT molecular complexity index is 834. The molecule has 0 fully saturated rings. The van der Waals surface area contributed by atoms with Crippen molar-refractivity contribution < 1.29 is 8.42 Å². The molecular weight excluding hydrogens is 332 g/mol. The number of sulfone groups is 1. The van der Waals surface area contributed by atoms with Crippen LogP contribution in [0.1, 0.15) is 11.1 Å². The summed E-state index contributed by atoms with van der Waals surface area (Å²) in [7, 11) is -3.03. The summed E-state index contributed by atoms with van der Waals surface area (Å²) >= 11 is 0. The van der Waals surface area contributed by atoms with Gasteiger partial charge in [0.05, 0.1) is 11.5 Å². The Labute approximate surface area is 149 Å². The third-order valence-electron chi connectivity index (χ3n) is 4.56. The minimum Gasteiger partial charge on any atom is -0.381 e. The molecule has 0 aliphatic carbocycles. The number of benzene rings is 2. The fourth-order valence-corrected chi connectivity index (χ4v) is 4.86. The van der Waals surface area contributed by atoms with Gasteiger partial charge in [-0.3, -0.25) is 0 Å². The number of hydrogen-bond acceptors (Lipinski definition) is 4. The van der Waals surface area contributed by atoms with Crippen molar-refractivity contribution in [1.82, 2.24) is 0 Å². The number of para-hydroxylation sites is 2. The standard InChI is InChI=1S/C20H24N2O2S/c1-15-7-3-5-9-19(15)21-11-17-13-25(23,24)14-18(17)12-22-20-10-6-4-8-16(20)2/h3-10,21-22H,11-14H2,1-2H3. The molecule has 1 aliphatic rings. The van der Waals surface area contributed by atoms with Gasteiger partial charge in [-0.25, -0.2) is 8.42 Å². The summed E-state index contributed by atoms with van der Waals surface area (Å²) in [5.41, 5.74) is 6.36. The minimum absolute atomic E-state index is 0.149. The van der Waals surface area contributed by atoms with E-state index in [2.05, 4.69) is 10.6 Å². The number of hydrogen-bond donors (Lipinski definition) is 2. The van der Waals surface area contributed by atoms with Gasteiger partial charge in [0.2, 0.25) is 0 Å². The highest BCUT2D eigenvalue weighted by molar-refractivity contribution is 7.92. The molecule has 0 spiro atoms. The molecule has 132 valence electrons. The average Bonchev–Trinajstić information content (AvgIpc) is 2.87. The number of aryl methyl sites for hydroxylation is 2. The van der Waals surface area contributed by atoms with E-state index in [1.165, 1.54) is 0 Å². The van der Waals surface area contributed by atoms with Gasteiger partial charge in [-0.2, -0.15) is 0 Å². The second-order valence-electron chi connectivity index (χ2n) is 6.58. The van der Waals surface area contributed by atoms with Crippen LogP contribution in [-0.4, -0.2) is 33.0 Å². The summed E-state index contributed by atoms with van der Waals surface area (Å²) in [6.07, 6.45) is 0. The van der Waals surface area contributed by atoms with Gasteiger partial charge in [0.15, 0.2) is 9.84 Å². The Morgan fingerprint density at radius 1 is 0.760 bits per heavy atom. The van der Waals surface area contributed by atoms with Gasteiger partial charge in [0, 0.05) is 24.5 Å². The smallest absolute Gasteiger partial charge is 0.158 e. The molecular formula is C20H24N2O2S. The quantitative estimate of drug-likeness (QED) is 0.777. The molecule has 25 heavy (non-hydrogen) atoms. The molecule has 0 saturated heterocycles. The first-order chi connectivity index (χ1) is 11.9. The van der Waals surface area contributed by atoms with Crippen molar-refractivity contribution >= 4 is 21.2 Å². The average molecular weight is 356 g/mol. The van der Waals surface area contributed by atoms with Crippen molar-refractivity contribution in [2.75, 3.05) is 35.2 Å².